The molecular weight excluding hydrogens is 556 g/mol. The summed E-state index contributed by atoms with van der Waals surface area (Å²) in [4.78, 5) is 27.8. The molecule has 2 aromatic carbocycles. The Hall–Kier alpha value is -4.60. The van der Waals surface area contributed by atoms with Gasteiger partial charge in [0.15, 0.2) is 0 Å². The van der Waals surface area contributed by atoms with Gasteiger partial charge in [0.2, 0.25) is 0 Å². The molecule has 0 atom stereocenters. The summed E-state index contributed by atoms with van der Waals surface area (Å²) in [5, 5.41) is 9.10. The van der Waals surface area contributed by atoms with Crippen LogP contribution >= 0.6 is 0 Å². The first-order valence-corrected chi connectivity index (χ1v) is 15.1. The molecule has 2 aliphatic heterocycles. The number of carbonyl (C=O) groups is 2. The van der Waals surface area contributed by atoms with Crippen LogP contribution in [0.15, 0.2) is 73.1 Å². The van der Waals surface area contributed by atoms with Crippen molar-refractivity contribution in [1.29, 1.82) is 0 Å². The highest BCUT2D eigenvalue weighted by Gasteiger charge is 2.29. The van der Waals surface area contributed by atoms with Crippen LogP contribution in [0.1, 0.15) is 64.1 Å². The Morgan fingerprint density at radius 1 is 0.705 bits per heavy atom. The van der Waals surface area contributed by atoms with E-state index in [9.17, 15) is 9.59 Å². The molecule has 0 bridgehead atoms. The number of fused-ring (bicyclic) bond motifs is 2. The number of ether oxygens (including phenoxy) is 2. The molecule has 0 radical (unpaired) electrons. The number of hydrogen-bond donors (Lipinski definition) is 0. The summed E-state index contributed by atoms with van der Waals surface area (Å²) in [5.74, 6) is 0. The molecule has 232 valence electrons. The Kier molecular flexibility index (Phi) is 8.80. The van der Waals surface area contributed by atoms with Crippen molar-refractivity contribution in [1.82, 2.24) is 29.4 Å². The Morgan fingerprint density at radius 3 is 1.80 bits per heavy atom. The lowest BCUT2D eigenvalue weighted by atomic mass is 10.1. The van der Waals surface area contributed by atoms with Crippen LogP contribution in [0.3, 0.4) is 0 Å². The van der Waals surface area contributed by atoms with E-state index in [4.69, 9.17) is 9.47 Å². The zero-order valence-electron chi connectivity index (χ0n) is 26.5. The second-order valence-electron chi connectivity index (χ2n) is 13.0. The van der Waals surface area contributed by atoms with Crippen LogP contribution in [-0.4, -0.2) is 65.8 Å². The summed E-state index contributed by atoms with van der Waals surface area (Å²) in [6.07, 6.45) is 4.87. The summed E-state index contributed by atoms with van der Waals surface area (Å²) in [5.41, 5.74) is 5.55. The first-order valence-electron chi connectivity index (χ1n) is 15.1. The molecule has 0 unspecified atom stereocenters. The summed E-state index contributed by atoms with van der Waals surface area (Å²) >= 11 is 0. The van der Waals surface area contributed by atoms with Gasteiger partial charge in [0.1, 0.15) is 11.2 Å². The number of carbonyl (C=O) groups excluding carboxylic acids is 2. The van der Waals surface area contributed by atoms with E-state index in [1.807, 2.05) is 124 Å². The van der Waals surface area contributed by atoms with Gasteiger partial charge in [-0.2, -0.15) is 10.2 Å². The summed E-state index contributed by atoms with van der Waals surface area (Å²) < 4.78 is 14.7. The summed E-state index contributed by atoms with van der Waals surface area (Å²) in [7, 11) is 0. The van der Waals surface area contributed by atoms with Gasteiger partial charge >= 0.3 is 12.2 Å². The normalized spacial score (nSPS) is 14.6. The van der Waals surface area contributed by atoms with E-state index in [2.05, 4.69) is 10.2 Å². The van der Waals surface area contributed by atoms with E-state index in [1.54, 1.807) is 9.80 Å². The molecule has 4 aromatic rings. The van der Waals surface area contributed by atoms with Crippen molar-refractivity contribution in [3.05, 3.63) is 95.6 Å². The number of nitrogens with zero attached hydrogens (tertiary/aromatic N) is 6. The third-order valence-corrected chi connectivity index (χ3v) is 7.12. The van der Waals surface area contributed by atoms with E-state index in [0.29, 0.717) is 26.2 Å². The van der Waals surface area contributed by atoms with Crippen LogP contribution < -0.4 is 0 Å². The Labute approximate surface area is 259 Å². The highest BCUT2D eigenvalue weighted by Crippen LogP contribution is 2.24. The topological polar surface area (TPSA) is 94.7 Å². The fraction of sp³-hybridized carbons (Fsp3) is 0.412. The molecule has 10 nitrogen and oxygen atoms in total. The molecule has 2 aliphatic rings. The zero-order chi connectivity index (χ0) is 31.5. The molecule has 0 saturated carbocycles. The van der Waals surface area contributed by atoms with Crippen molar-refractivity contribution >= 4 is 12.2 Å². The zero-order valence-corrected chi connectivity index (χ0v) is 26.5. The highest BCUT2D eigenvalue weighted by molar-refractivity contribution is 5.69. The predicted octanol–water partition coefficient (Wildman–Crippen LogP) is 6.33. The van der Waals surface area contributed by atoms with Gasteiger partial charge in [0.05, 0.1) is 42.0 Å². The van der Waals surface area contributed by atoms with E-state index in [1.165, 1.54) is 5.69 Å². The van der Waals surface area contributed by atoms with Crippen LogP contribution in [0, 0.1) is 0 Å². The molecule has 0 aliphatic carbocycles. The molecule has 6 rings (SSSR count). The quantitative estimate of drug-likeness (QED) is 0.268. The number of hydrogen-bond acceptors (Lipinski definition) is 6. The maximum atomic E-state index is 12.2. The minimum Gasteiger partial charge on any atom is -0.444 e. The van der Waals surface area contributed by atoms with Crippen LogP contribution in [0.25, 0.3) is 11.4 Å². The van der Waals surface area contributed by atoms with Crippen molar-refractivity contribution < 1.29 is 19.1 Å². The van der Waals surface area contributed by atoms with Gasteiger partial charge in [0, 0.05) is 43.3 Å². The van der Waals surface area contributed by atoms with Crippen LogP contribution in [0.2, 0.25) is 0 Å². The first kappa shape index (κ1) is 30.8. The van der Waals surface area contributed by atoms with Gasteiger partial charge in [0.25, 0.3) is 0 Å². The average Bonchev–Trinajstić information content (AvgIpc) is 3.60. The SMILES string of the molecule is CC(C)(C)OC(=O)N1CCc2c(cnn2-c2ccccc2)C1.CC(C)(C)OC(=O)N1CCc2nn(-c3ccccc3)cc2C1. The van der Waals surface area contributed by atoms with Crippen molar-refractivity contribution in [2.24, 2.45) is 0 Å². The Balaban J connectivity index is 0.000000175. The number of benzene rings is 2. The first-order chi connectivity index (χ1) is 20.9. The summed E-state index contributed by atoms with van der Waals surface area (Å²) in [6, 6.07) is 20.1. The monoisotopic (exact) mass is 598 g/mol. The number of para-hydroxylation sites is 2. The van der Waals surface area contributed by atoms with Gasteiger partial charge < -0.3 is 19.3 Å². The molecule has 44 heavy (non-hydrogen) atoms. The van der Waals surface area contributed by atoms with Gasteiger partial charge in [-0.3, -0.25) is 0 Å². The fourth-order valence-electron chi connectivity index (χ4n) is 5.11. The molecule has 4 heterocycles. The lowest BCUT2D eigenvalue weighted by Crippen LogP contribution is -2.40. The molecule has 0 fully saturated rings. The number of aromatic nitrogens is 4. The lowest BCUT2D eigenvalue weighted by molar-refractivity contribution is 0.0213. The molecule has 0 N–H and O–H groups in total. The van der Waals surface area contributed by atoms with Gasteiger partial charge in [-0.25, -0.2) is 19.0 Å². The van der Waals surface area contributed by atoms with Gasteiger partial charge in [-0.15, -0.1) is 0 Å². The molecular formula is C34H42N6O4. The van der Waals surface area contributed by atoms with Crippen LogP contribution in [0.4, 0.5) is 9.59 Å². The van der Waals surface area contributed by atoms with Gasteiger partial charge in [-0.1, -0.05) is 36.4 Å². The van der Waals surface area contributed by atoms with E-state index in [-0.39, 0.29) is 12.2 Å². The second kappa shape index (κ2) is 12.6. The van der Waals surface area contributed by atoms with Crippen LogP contribution in [0.5, 0.6) is 0 Å². The number of rotatable bonds is 2. The van der Waals surface area contributed by atoms with E-state index >= 15 is 0 Å². The largest absolute Gasteiger partial charge is 0.444 e. The van der Waals surface area contributed by atoms with Crippen molar-refractivity contribution in [2.45, 2.75) is 78.7 Å². The van der Waals surface area contributed by atoms with Crippen LogP contribution in [-0.2, 0) is 35.4 Å². The van der Waals surface area contributed by atoms with Crippen molar-refractivity contribution in [3.8, 4) is 11.4 Å². The Morgan fingerprint density at radius 2 is 1.23 bits per heavy atom. The fourth-order valence-corrected chi connectivity index (χ4v) is 5.11. The van der Waals surface area contributed by atoms with Gasteiger partial charge in [-0.05, 0) is 65.8 Å². The maximum absolute atomic E-state index is 12.2. The minimum atomic E-state index is -0.467. The third kappa shape index (κ3) is 7.67. The maximum Gasteiger partial charge on any atom is 0.410 e. The smallest absolute Gasteiger partial charge is 0.410 e. The third-order valence-electron chi connectivity index (χ3n) is 7.12. The van der Waals surface area contributed by atoms with Crippen molar-refractivity contribution in [3.63, 3.8) is 0 Å². The highest BCUT2D eigenvalue weighted by atomic mass is 16.6. The molecule has 0 spiro atoms. The number of amides is 2. The minimum absolute atomic E-state index is 0.259. The molecule has 2 aromatic heterocycles. The molecule has 0 saturated heterocycles. The van der Waals surface area contributed by atoms with E-state index < -0.39 is 11.2 Å². The van der Waals surface area contributed by atoms with Crippen molar-refractivity contribution in [2.75, 3.05) is 13.1 Å². The molecule has 2 amide bonds. The second-order valence-corrected chi connectivity index (χ2v) is 13.0. The van der Waals surface area contributed by atoms with E-state index in [0.717, 1.165) is 41.0 Å². The average molecular weight is 599 g/mol. The summed E-state index contributed by atoms with van der Waals surface area (Å²) in [6.45, 7) is 13.7. The molecule has 10 heteroatoms. The standard InChI is InChI=1S/2C17H21N3O2/c1-17(2,3)22-16(21)19-10-9-15-13(11-19)12-20(18-15)14-7-5-4-6-8-14;1-17(2,3)22-16(21)19-10-9-15-13(12-19)11-18-20(15)14-7-5-4-6-8-14/h4-8,12H,9-11H2,1-3H3;4-8,11H,9-10,12H2,1-3H3. The lowest BCUT2D eigenvalue weighted by Gasteiger charge is -2.30. The Bertz CT molecular complexity index is 1550. The predicted molar refractivity (Wildman–Crippen MR) is 168 cm³/mol.